The topological polar surface area (TPSA) is 243 Å². The number of aryl methyl sites for hydroxylation is 4. The fourth-order valence-corrected chi connectivity index (χ4v) is 12.6. The van der Waals surface area contributed by atoms with Gasteiger partial charge in [-0.1, -0.05) is 81.8 Å². The number of rotatable bonds is 23. The molecule has 2 atom stereocenters. The fraction of sp³-hybridized carbons (Fsp3) is 0.525. The molecule has 86 heavy (non-hydrogen) atoms. The number of unbranched alkanes of at least 4 members (excludes halogenated alkanes) is 2. The molecule has 0 saturated heterocycles. The zero-order valence-corrected chi connectivity index (χ0v) is 52.6. The Balaban J connectivity index is 0.000000376. The van der Waals surface area contributed by atoms with Crippen LogP contribution in [0.25, 0.3) is 0 Å². The predicted octanol–water partition coefficient (Wildman–Crippen LogP) is 11.7. The summed E-state index contributed by atoms with van der Waals surface area (Å²) in [5, 5.41) is 7.76. The van der Waals surface area contributed by atoms with E-state index in [2.05, 4.69) is 25.9 Å². The molecule has 2 unspecified atom stereocenters. The van der Waals surface area contributed by atoms with Crippen LogP contribution in [0.1, 0.15) is 150 Å². The van der Waals surface area contributed by atoms with Crippen LogP contribution in [0, 0.1) is 38.5 Å². The number of pyridine rings is 2. The van der Waals surface area contributed by atoms with Crippen LogP contribution in [0.3, 0.4) is 0 Å². The van der Waals surface area contributed by atoms with Crippen LogP contribution in [0.5, 0.6) is 0 Å². The van der Waals surface area contributed by atoms with Gasteiger partial charge in [-0.2, -0.15) is 26.3 Å². The standard InChI is InChI=1S/C29H36F3N3O5S2.C20H30N2O4S2.C9H7ClF3NO.CH4/c1-18-16-22(29(30,31)32)24(19(2)33-18)25(36)34-21-10-8-20(9-11-21)17-23(26(37)40-3)35-27(41)28(13-7-14-28)12-5-6-15-42(4,38)39;1-26-18(23)17(14-15-6-8-16(21)9-7-15)22-19(27)20(11-5-12-20)10-3-4-13-28(2,24)25;1-4-3-6(9(11,12)13)7(8(10)15)5(2)14-4;/h8-11,16,23H,5-7,12-15,17H2,1-4H3,(H,34,36)(H,35,41);6-9,17H,3-5,10-14,21H2,1-2H3,(H,22,27);3H,1-2H3;1H4. The van der Waals surface area contributed by atoms with E-state index in [-0.39, 0.29) is 70.6 Å². The van der Waals surface area contributed by atoms with Crippen molar-refractivity contribution < 1.29 is 71.8 Å². The zero-order chi connectivity index (χ0) is 63.9. The van der Waals surface area contributed by atoms with E-state index in [1.807, 2.05) is 12.1 Å². The average Bonchev–Trinajstić information content (AvgIpc) is 1.40. The van der Waals surface area contributed by atoms with Gasteiger partial charge in [-0.05, 0) is 138 Å². The smallest absolute Gasteiger partial charge is 0.417 e. The van der Waals surface area contributed by atoms with E-state index in [9.17, 15) is 62.4 Å². The first-order chi connectivity index (χ1) is 39.4. The van der Waals surface area contributed by atoms with Gasteiger partial charge in [0.15, 0.2) is 0 Å². The van der Waals surface area contributed by atoms with Crippen molar-refractivity contribution in [3.63, 3.8) is 0 Å². The highest BCUT2D eigenvalue weighted by molar-refractivity contribution is 7.90. The van der Waals surface area contributed by atoms with Crippen molar-refractivity contribution in [1.29, 1.82) is 0 Å². The van der Waals surface area contributed by atoms with Crippen LogP contribution in [-0.4, -0.2) is 110 Å². The maximum Gasteiger partial charge on any atom is 0.417 e. The molecule has 5 N–H and O–H groups in total. The summed E-state index contributed by atoms with van der Waals surface area (Å²) < 4.78 is 134. The number of esters is 2. The summed E-state index contributed by atoms with van der Waals surface area (Å²) >= 11 is 16.5. The van der Waals surface area contributed by atoms with Gasteiger partial charge in [-0.3, -0.25) is 19.6 Å². The molecule has 2 aromatic heterocycles. The number of hydrogen-bond donors (Lipinski definition) is 4. The Morgan fingerprint density at radius 1 is 0.640 bits per heavy atom. The maximum absolute atomic E-state index is 13.6. The summed E-state index contributed by atoms with van der Waals surface area (Å²) in [5.41, 5.74) is 5.03. The van der Waals surface area contributed by atoms with Gasteiger partial charge in [0.1, 0.15) is 31.8 Å². The van der Waals surface area contributed by atoms with Crippen LogP contribution in [0.2, 0.25) is 0 Å². The highest BCUT2D eigenvalue weighted by Gasteiger charge is 2.44. The Bertz CT molecular complexity index is 3270. The predicted molar refractivity (Wildman–Crippen MR) is 330 cm³/mol. The van der Waals surface area contributed by atoms with Crippen LogP contribution >= 0.6 is 36.0 Å². The molecular weight excluding hydrogens is 1230 g/mol. The van der Waals surface area contributed by atoms with E-state index in [0.29, 0.717) is 46.9 Å². The fourth-order valence-electron chi connectivity index (χ4n) is 10.0. The molecule has 2 heterocycles. The second-order valence-corrected chi connectivity index (χ2v) is 27.3. The lowest BCUT2D eigenvalue weighted by molar-refractivity contribution is -0.143. The lowest BCUT2D eigenvalue weighted by Gasteiger charge is -2.43. The van der Waals surface area contributed by atoms with Gasteiger partial charge in [0, 0.05) is 70.5 Å². The quantitative estimate of drug-likeness (QED) is 0.0135. The summed E-state index contributed by atoms with van der Waals surface area (Å²) in [6, 6.07) is 14.1. The molecule has 476 valence electrons. The number of carbonyl (C=O) groups is 4. The SMILES string of the molecule is C.COC(=O)C(Cc1ccc(N)cc1)NC(=S)C1(CCCCS(C)(=O)=O)CCC1.COC(=O)C(Cc1ccc(NC(=O)c2c(C(F)(F)F)cc(C)nc2C)cc1)NC(=S)C1(CCCCS(C)(=O)=O)CCC1.Cc1cc(C(F)(F)F)c(C(=O)Cl)c(C)n1. The van der Waals surface area contributed by atoms with Gasteiger partial charge in [0.25, 0.3) is 11.1 Å². The highest BCUT2D eigenvalue weighted by atomic mass is 35.5. The number of nitrogens with two attached hydrogens (primary N) is 1. The van der Waals surface area contributed by atoms with Gasteiger partial charge in [-0.15, -0.1) is 0 Å². The van der Waals surface area contributed by atoms with Gasteiger partial charge in [-0.25, -0.2) is 26.4 Å². The molecule has 16 nitrogen and oxygen atoms in total. The van der Waals surface area contributed by atoms with Crippen LogP contribution in [0.15, 0.2) is 60.7 Å². The molecule has 2 aromatic carbocycles. The third-order valence-electron chi connectivity index (χ3n) is 14.8. The Kier molecular flexibility index (Phi) is 27.6. The van der Waals surface area contributed by atoms with Crippen LogP contribution in [-0.2, 0) is 63.9 Å². The minimum atomic E-state index is -4.72. The second kappa shape index (κ2) is 31.9. The Labute approximate surface area is 516 Å². The Hall–Kier alpha value is -5.83. The molecule has 1 amide bonds. The van der Waals surface area contributed by atoms with E-state index in [1.165, 1.54) is 54.4 Å². The normalized spacial score (nSPS) is 14.9. The number of sulfone groups is 2. The van der Waals surface area contributed by atoms with E-state index < -0.39 is 83.5 Å². The number of methoxy groups -OCH3 is 2. The van der Waals surface area contributed by atoms with Crippen molar-refractivity contribution in [1.82, 2.24) is 20.6 Å². The molecule has 0 spiro atoms. The molecule has 0 aliphatic heterocycles. The third kappa shape index (κ3) is 22.4. The van der Waals surface area contributed by atoms with Crippen molar-refractivity contribution in [2.75, 3.05) is 49.3 Å². The minimum Gasteiger partial charge on any atom is -0.467 e. The van der Waals surface area contributed by atoms with E-state index in [0.717, 1.165) is 75.5 Å². The maximum atomic E-state index is 13.6. The molecule has 4 aromatic rings. The number of ether oxygens (including phenoxy) is 2. The van der Waals surface area contributed by atoms with Gasteiger partial charge in [0.2, 0.25) is 0 Å². The van der Waals surface area contributed by atoms with Gasteiger partial charge in [0.05, 0.1) is 57.8 Å². The van der Waals surface area contributed by atoms with Crippen molar-refractivity contribution in [3.8, 4) is 0 Å². The number of aromatic nitrogens is 2. The molecule has 0 radical (unpaired) electrons. The van der Waals surface area contributed by atoms with E-state index >= 15 is 0 Å². The largest absolute Gasteiger partial charge is 0.467 e. The number of hydrogen-bond acceptors (Lipinski definition) is 15. The van der Waals surface area contributed by atoms with Crippen molar-refractivity contribution in [3.05, 3.63) is 117 Å². The number of nitrogens with one attached hydrogen (secondary N) is 3. The number of nitrogen functional groups attached to an aromatic ring is 1. The third-order valence-corrected chi connectivity index (χ3v) is 18.1. The average molecular weight is 1310 g/mol. The van der Waals surface area contributed by atoms with Crippen molar-refractivity contribution in [2.45, 2.75) is 149 Å². The molecule has 2 fully saturated rings. The molecule has 2 aliphatic carbocycles. The highest BCUT2D eigenvalue weighted by Crippen LogP contribution is 2.47. The van der Waals surface area contributed by atoms with Crippen molar-refractivity contribution in [2.24, 2.45) is 10.8 Å². The first-order valence-corrected chi connectivity index (χ1v) is 32.4. The molecule has 0 bridgehead atoms. The monoisotopic (exact) mass is 1310 g/mol. The van der Waals surface area contributed by atoms with Crippen LogP contribution < -0.4 is 21.7 Å². The first-order valence-electron chi connectivity index (χ1n) is 27.1. The lowest BCUT2D eigenvalue weighted by Crippen LogP contribution is -2.51. The minimum absolute atomic E-state index is 0. The Morgan fingerprint density at radius 3 is 1.33 bits per heavy atom. The summed E-state index contributed by atoms with van der Waals surface area (Å²) in [7, 11) is -3.33. The number of anilines is 2. The van der Waals surface area contributed by atoms with Gasteiger partial charge >= 0.3 is 24.3 Å². The molecular formula is C59H77ClF6N6O10S4. The summed E-state index contributed by atoms with van der Waals surface area (Å²) in [4.78, 5) is 57.6. The van der Waals surface area contributed by atoms with E-state index in [1.54, 1.807) is 36.4 Å². The number of benzene rings is 2. The zero-order valence-electron chi connectivity index (χ0n) is 48.6. The number of alkyl halides is 6. The molecule has 2 aliphatic rings. The summed E-state index contributed by atoms with van der Waals surface area (Å²) in [6.45, 7) is 5.52. The number of amides is 1. The summed E-state index contributed by atoms with van der Waals surface area (Å²) in [5.74, 6) is -1.48. The number of carbonyl (C=O) groups excluding carboxylic acids is 4. The summed E-state index contributed by atoms with van der Waals surface area (Å²) in [6.07, 6.45) is 3.79. The molecule has 2 saturated carbocycles. The molecule has 6 rings (SSSR count). The second-order valence-electron chi connectivity index (χ2n) is 21.7. The van der Waals surface area contributed by atoms with Gasteiger partial charge < -0.3 is 31.2 Å². The number of halogens is 7. The first kappa shape index (κ1) is 74.4. The number of thiocarbonyl (C=S) groups is 2. The Morgan fingerprint density at radius 2 is 1.00 bits per heavy atom. The van der Waals surface area contributed by atoms with Crippen LogP contribution in [0.4, 0.5) is 37.7 Å². The van der Waals surface area contributed by atoms with E-state index in [4.69, 9.17) is 51.2 Å². The molecule has 27 heteroatoms. The van der Waals surface area contributed by atoms with Crippen molar-refractivity contribution >= 4 is 100 Å². The number of nitrogens with zero attached hydrogens (tertiary/aromatic N) is 2. The lowest BCUT2D eigenvalue weighted by atomic mass is 9.65.